The Bertz CT molecular complexity index is 988. The van der Waals surface area contributed by atoms with E-state index in [0.29, 0.717) is 28.2 Å². The van der Waals surface area contributed by atoms with E-state index in [1.807, 2.05) is 0 Å². The lowest BCUT2D eigenvalue weighted by atomic mass is 10.1. The maximum absolute atomic E-state index is 13.6. The van der Waals surface area contributed by atoms with Gasteiger partial charge in [0.05, 0.1) is 0 Å². The number of Topliss-reactive ketones (excluding diaryl/α,β-unsaturated/α-hetero) is 1. The third-order valence-corrected chi connectivity index (χ3v) is 3.96. The molecule has 6 heteroatoms. The molecule has 1 aromatic heterocycles. The number of ketones is 1. The number of hydrogen-bond acceptors (Lipinski definition) is 4. The number of hydrogen-bond donors (Lipinski definition) is 2. The summed E-state index contributed by atoms with van der Waals surface area (Å²) in [6.07, 6.45) is 1.51. The SMILES string of the molecule is CC(=O)c1cccc(Nc2cc(C(=O)NCc3ccccc3F)ccn2)c1. The molecule has 2 aromatic carbocycles. The molecule has 1 heterocycles. The zero-order valence-corrected chi connectivity index (χ0v) is 14.7. The number of aromatic nitrogens is 1. The zero-order chi connectivity index (χ0) is 19.2. The number of carbonyl (C=O) groups is 2. The molecular weight excluding hydrogens is 345 g/mol. The average Bonchev–Trinajstić information content (AvgIpc) is 2.67. The van der Waals surface area contributed by atoms with Gasteiger partial charge >= 0.3 is 0 Å². The summed E-state index contributed by atoms with van der Waals surface area (Å²) >= 11 is 0. The largest absolute Gasteiger partial charge is 0.348 e. The Morgan fingerprint density at radius 2 is 1.81 bits per heavy atom. The molecule has 1 amide bonds. The smallest absolute Gasteiger partial charge is 0.251 e. The number of carbonyl (C=O) groups excluding carboxylic acids is 2. The molecule has 0 saturated heterocycles. The first-order chi connectivity index (χ1) is 13.0. The summed E-state index contributed by atoms with van der Waals surface area (Å²) < 4.78 is 13.6. The Morgan fingerprint density at radius 3 is 2.59 bits per heavy atom. The first-order valence-corrected chi connectivity index (χ1v) is 8.38. The number of nitrogens with zero attached hydrogens (tertiary/aromatic N) is 1. The van der Waals surface area contributed by atoms with Crippen molar-refractivity contribution in [2.24, 2.45) is 0 Å². The number of benzene rings is 2. The number of rotatable bonds is 6. The predicted octanol–water partition coefficient (Wildman–Crippen LogP) is 4.10. The molecule has 0 aliphatic rings. The molecule has 0 aliphatic carbocycles. The van der Waals surface area contributed by atoms with Gasteiger partial charge in [0.1, 0.15) is 11.6 Å². The van der Waals surface area contributed by atoms with Crippen LogP contribution in [0, 0.1) is 5.82 Å². The van der Waals surface area contributed by atoms with Crippen molar-refractivity contribution in [1.82, 2.24) is 10.3 Å². The Kier molecular flexibility index (Phi) is 5.56. The lowest BCUT2D eigenvalue weighted by Gasteiger charge is -2.09. The molecule has 0 spiro atoms. The summed E-state index contributed by atoms with van der Waals surface area (Å²) in [7, 11) is 0. The van der Waals surface area contributed by atoms with E-state index in [1.54, 1.807) is 54.6 Å². The Labute approximate surface area is 156 Å². The van der Waals surface area contributed by atoms with Crippen LogP contribution in [0.3, 0.4) is 0 Å². The van der Waals surface area contributed by atoms with Crippen LogP contribution in [0.2, 0.25) is 0 Å². The van der Waals surface area contributed by atoms with Gasteiger partial charge in [-0.1, -0.05) is 30.3 Å². The summed E-state index contributed by atoms with van der Waals surface area (Å²) in [4.78, 5) is 28.0. The summed E-state index contributed by atoms with van der Waals surface area (Å²) in [5.41, 5.74) is 2.09. The van der Waals surface area contributed by atoms with Gasteiger partial charge in [0.15, 0.2) is 5.78 Å². The molecule has 0 saturated carbocycles. The highest BCUT2D eigenvalue weighted by Gasteiger charge is 2.09. The summed E-state index contributed by atoms with van der Waals surface area (Å²) in [6, 6.07) is 16.5. The third-order valence-electron chi connectivity index (χ3n) is 3.96. The van der Waals surface area contributed by atoms with Gasteiger partial charge in [0, 0.05) is 35.1 Å². The van der Waals surface area contributed by atoms with Crippen molar-refractivity contribution in [1.29, 1.82) is 0 Å². The Balaban J connectivity index is 1.69. The Hall–Kier alpha value is -3.54. The second-order valence-electron chi connectivity index (χ2n) is 5.97. The highest BCUT2D eigenvalue weighted by molar-refractivity contribution is 5.96. The van der Waals surface area contributed by atoms with Gasteiger partial charge in [-0.05, 0) is 37.3 Å². The number of pyridine rings is 1. The van der Waals surface area contributed by atoms with Crippen molar-refractivity contribution >= 4 is 23.2 Å². The summed E-state index contributed by atoms with van der Waals surface area (Å²) in [5, 5.41) is 5.77. The van der Waals surface area contributed by atoms with Crippen LogP contribution in [0.4, 0.5) is 15.9 Å². The fourth-order valence-electron chi connectivity index (χ4n) is 2.52. The van der Waals surface area contributed by atoms with Crippen LogP contribution in [-0.2, 0) is 6.54 Å². The van der Waals surface area contributed by atoms with Crippen LogP contribution in [0.5, 0.6) is 0 Å². The zero-order valence-electron chi connectivity index (χ0n) is 14.7. The number of anilines is 2. The lowest BCUT2D eigenvalue weighted by Crippen LogP contribution is -2.23. The van der Waals surface area contributed by atoms with E-state index in [1.165, 1.54) is 19.2 Å². The minimum Gasteiger partial charge on any atom is -0.348 e. The van der Waals surface area contributed by atoms with E-state index in [2.05, 4.69) is 15.6 Å². The first kappa shape index (κ1) is 18.3. The minimum atomic E-state index is -0.361. The molecule has 0 aliphatic heterocycles. The third kappa shape index (κ3) is 4.76. The van der Waals surface area contributed by atoms with E-state index < -0.39 is 0 Å². The van der Waals surface area contributed by atoms with Crippen molar-refractivity contribution in [3.63, 3.8) is 0 Å². The van der Waals surface area contributed by atoms with Gasteiger partial charge in [-0.3, -0.25) is 9.59 Å². The molecule has 136 valence electrons. The molecule has 2 N–H and O–H groups in total. The van der Waals surface area contributed by atoms with Crippen molar-refractivity contribution in [3.05, 3.63) is 89.4 Å². The van der Waals surface area contributed by atoms with Crippen LogP contribution in [0.1, 0.15) is 33.2 Å². The van der Waals surface area contributed by atoms with Crippen molar-refractivity contribution < 1.29 is 14.0 Å². The van der Waals surface area contributed by atoms with E-state index in [0.717, 1.165) is 0 Å². The average molecular weight is 363 g/mol. The highest BCUT2D eigenvalue weighted by atomic mass is 19.1. The molecule has 5 nitrogen and oxygen atoms in total. The fraction of sp³-hybridized carbons (Fsp3) is 0.0952. The van der Waals surface area contributed by atoms with Crippen molar-refractivity contribution in [2.75, 3.05) is 5.32 Å². The van der Waals surface area contributed by atoms with Gasteiger partial charge < -0.3 is 10.6 Å². The molecule has 0 atom stereocenters. The van der Waals surface area contributed by atoms with Gasteiger partial charge in [0.25, 0.3) is 5.91 Å². The number of halogens is 1. The van der Waals surface area contributed by atoms with E-state index in [4.69, 9.17) is 0 Å². The predicted molar refractivity (Wildman–Crippen MR) is 102 cm³/mol. The van der Waals surface area contributed by atoms with Crippen LogP contribution < -0.4 is 10.6 Å². The van der Waals surface area contributed by atoms with E-state index >= 15 is 0 Å². The molecular formula is C21H18FN3O2. The molecule has 0 radical (unpaired) electrons. The lowest BCUT2D eigenvalue weighted by molar-refractivity contribution is 0.0949. The maximum atomic E-state index is 13.6. The minimum absolute atomic E-state index is 0.0344. The van der Waals surface area contributed by atoms with Gasteiger partial charge in [-0.2, -0.15) is 0 Å². The first-order valence-electron chi connectivity index (χ1n) is 8.38. The topological polar surface area (TPSA) is 71.1 Å². The number of nitrogens with one attached hydrogen (secondary N) is 2. The molecule has 27 heavy (non-hydrogen) atoms. The van der Waals surface area contributed by atoms with Gasteiger partial charge in [0.2, 0.25) is 0 Å². The molecule has 0 unspecified atom stereocenters. The second-order valence-corrected chi connectivity index (χ2v) is 5.97. The van der Waals surface area contributed by atoms with Gasteiger partial charge in [-0.15, -0.1) is 0 Å². The summed E-state index contributed by atoms with van der Waals surface area (Å²) in [6.45, 7) is 1.59. The highest BCUT2D eigenvalue weighted by Crippen LogP contribution is 2.17. The van der Waals surface area contributed by atoms with Crippen LogP contribution >= 0.6 is 0 Å². The number of amides is 1. The van der Waals surface area contributed by atoms with Crippen LogP contribution in [0.15, 0.2) is 66.9 Å². The van der Waals surface area contributed by atoms with Crippen molar-refractivity contribution in [3.8, 4) is 0 Å². The monoisotopic (exact) mass is 363 g/mol. The summed E-state index contributed by atoms with van der Waals surface area (Å²) in [5.74, 6) is -0.261. The molecule has 3 rings (SSSR count). The van der Waals surface area contributed by atoms with E-state index in [9.17, 15) is 14.0 Å². The van der Waals surface area contributed by atoms with E-state index in [-0.39, 0.29) is 24.1 Å². The van der Waals surface area contributed by atoms with Gasteiger partial charge in [-0.25, -0.2) is 9.37 Å². The van der Waals surface area contributed by atoms with Crippen LogP contribution in [-0.4, -0.2) is 16.7 Å². The molecule has 0 fully saturated rings. The van der Waals surface area contributed by atoms with Crippen molar-refractivity contribution in [2.45, 2.75) is 13.5 Å². The normalized spacial score (nSPS) is 10.3. The molecule has 0 bridgehead atoms. The molecule has 3 aromatic rings. The quantitative estimate of drug-likeness (QED) is 0.647. The standard InChI is InChI=1S/C21H18FN3O2/c1-14(26)15-6-4-7-18(11-15)25-20-12-16(9-10-23-20)21(27)24-13-17-5-2-3-8-19(17)22/h2-12H,13H2,1H3,(H,23,25)(H,24,27). The Morgan fingerprint density at radius 1 is 1.00 bits per heavy atom. The maximum Gasteiger partial charge on any atom is 0.251 e. The second kappa shape index (κ2) is 8.23. The van der Waals surface area contributed by atoms with Crippen LogP contribution in [0.25, 0.3) is 0 Å². The fourth-order valence-corrected chi connectivity index (χ4v) is 2.52.